The number of alkyl halides is 3. The van der Waals surface area contributed by atoms with Crippen LogP contribution in [0.2, 0.25) is 0 Å². The molecule has 2 rings (SSSR count). The number of sulfonamides is 1. The standard InChI is InChI=1S/C21H23F3N2O3S/c1-3-26(4-2)30(28,29)19-12-7-17(8-13-19)15-25-20(27)14-9-16-5-10-18(11-6-16)21(22,23)24/h5-14H,3-4,15H2,1-2H3,(H,25,27)/b14-9+. The van der Waals surface area contributed by atoms with E-state index in [2.05, 4.69) is 5.32 Å². The van der Waals surface area contributed by atoms with Gasteiger partial charge in [-0.25, -0.2) is 8.42 Å². The lowest BCUT2D eigenvalue weighted by molar-refractivity contribution is -0.137. The third kappa shape index (κ3) is 6.17. The molecule has 2 aromatic rings. The van der Waals surface area contributed by atoms with Crippen LogP contribution >= 0.6 is 0 Å². The van der Waals surface area contributed by atoms with E-state index in [4.69, 9.17) is 0 Å². The summed E-state index contributed by atoms with van der Waals surface area (Å²) in [4.78, 5) is 12.1. The van der Waals surface area contributed by atoms with Crippen molar-refractivity contribution < 1.29 is 26.4 Å². The second kappa shape index (κ2) is 9.90. The van der Waals surface area contributed by atoms with Gasteiger partial charge in [0, 0.05) is 25.7 Å². The number of nitrogens with one attached hydrogen (secondary N) is 1. The van der Waals surface area contributed by atoms with Crippen molar-refractivity contribution in [2.75, 3.05) is 13.1 Å². The summed E-state index contributed by atoms with van der Waals surface area (Å²) >= 11 is 0. The molecule has 0 heterocycles. The zero-order valence-electron chi connectivity index (χ0n) is 16.6. The zero-order chi connectivity index (χ0) is 22.4. The molecule has 0 aliphatic carbocycles. The van der Waals surface area contributed by atoms with E-state index in [-0.39, 0.29) is 11.4 Å². The molecular weight excluding hydrogens is 417 g/mol. The summed E-state index contributed by atoms with van der Waals surface area (Å²) in [6.07, 6.45) is -1.77. The van der Waals surface area contributed by atoms with Crippen molar-refractivity contribution in [3.8, 4) is 0 Å². The average Bonchev–Trinajstić information content (AvgIpc) is 2.71. The second-order valence-corrected chi connectivity index (χ2v) is 8.34. The Morgan fingerprint density at radius 1 is 1.00 bits per heavy atom. The van der Waals surface area contributed by atoms with Crippen LogP contribution < -0.4 is 5.32 Å². The maximum Gasteiger partial charge on any atom is 0.416 e. The number of halogens is 3. The number of hydrogen-bond donors (Lipinski definition) is 1. The molecule has 0 aliphatic rings. The molecule has 0 saturated heterocycles. The maximum atomic E-state index is 12.5. The van der Waals surface area contributed by atoms with E-state index in [1.807, 2.05) is 0 Å². The average molecular weight is 440 g/mol. The third-order valence-electron chi connectivity index (χ3n) is 4.40. The van der Waals surface area contributed by atoms with Gasteiger partial charge in [0.25, 0.3) is 0 Å². The van der Waals surface area contributed by atoms with Gasteiger partial charge in [0.15, 0.2) is 0 Å². The van der Waals surface area contributed by atoms with E-state index in [1.54, 1.807) is 26.0 Å². The monoisotopic (exact) mass is 440 g/mol. The number of carbonyl (C=O) groups is 1. The molecule has 1 N–H and O–H groups in total. The van der Waals surface area contributed by atoms with Gasteiger partial charge in [-0.05, 0) is 41.5 Å². The van der Waals surface area contributed by atoms with E-state index >= 15 is 0 Å². The molecule has 0 atom stereocenters. The molecule has 0 spiro atoms. The Labute approximate surface area is 174 Å². The minimum Gasteiger partial charge on any atom is -0.348 e. The molecule has 0 saturated carbocycles. The van der Waals surface area contributed by atoms with Crippen molar-refractivity contribution in [3.05, 3.63) is 71.3 Å². The van der Waals surface area contributed by atoms with Crippen LogP contribution in [0.4, 0.5) is 13.2 Å². The Morgan fingerprint density at radius 2 is 1.57 bits per heavy atom. The zero-order valence-corrected chi connectivity index (χ0v) is 17.4. The van der Waals surface area contributed by atoms with Crippen molar-refractivity contribution in [2.24, 2.45) is 0 Å². The largest absolute Gasteiger partial charge is 0.416 e. The van der Waals surface area contributed by atoms with Crippen LogP contribution in [0.3, 0.4) is 0 Å². The molecule has 9 heteroatoms. The van der Waals surface area contributed by atoms with Gasteiger partial charge in [-0.2, -0.15) is 17.5 Å². The molecule has 0 radical (unpaired) electrons. The van der Waals surface area contributed by atoms with E-state index in [9.17, 15) is 26.4 Å². The summed E-state index contributed by atoms with van der Waals surface area (Å²) in [7, 11) is -3.54. The van der Waals surface area contributed by atoms with Gasteiger partial charge in [-0.15, -0.1) is 0 Å². The summed E-state index contributed by atoms with van der Waals surface area (Å²) in [5.74, 6) is -0.422. The van der Waals surface area contributed by atoms with E-state index < -0.39 is 27.7 Å². The molecule has 5 nitrogen and oxygen atoms in total. The molecule has 162 valence electrons. The summed E-state index contributed by atoms with van der Waals surface area (Å²) in [5, 5.41) is 2.64. The number of benzene rings is 2. The smallest absolute Gasteiger partial charge is 0.348 e. The first-order valence-corrected chi connectivity index (χ1v) is 10.7. The lowest BCUT2D eigenvalue weighted by atomic mass is 10.1. The number of rotatable bonds is 8. The number of hydrogen-bond acceptors (Lipinski definition) is 3. The minimum absolute atomic E-state index is 0.182. The van der Waals surface area contributed by atoms with Crippen molar-refractivity contribution in [1.82, 2.24) is 9.62 Å². The summed E-state index contributed by atoms with van der Waals surface area (Å²) in [6, 6.07) is 10.7. The van der Waals surface area contributed by atoms with Gasteiger partial charge in [0.2, 0.25) is 15.9 Å². The highest BCUT2D eigenvalue weighted by atomic mass is 32.2. The third-order valence-corrected chi connectivity index (χ3v) is 6.46. The number of nitrogens with zero attached hydrogens (tertiary/aromatic N) is 1. The van der Waals surface area contributed by atoms with Gasteiger partial charge in [-0.1, -0.05) is 38.1 Å². The number of amides is 1. The normalized spacial score (nSPS) is 12.5. The van der Waals surface area contributed by atoms with E-state index in [0.29, 0.717) is 24.2 Å². The molecule has 0 fully saturated rings. The fourth-order valence-corrected chi connectivity index (χ4v) is 4.15. The predicted molar refractivity (Wildman–Crippen MR) is 109 cm³/mol. The van der Waals surface area contributed by atoms with Gasteiger partial charge in [0.05, 0.1) is 10.5 Å². The summed E-state index contributed by atoms with van der Waals surface area (Å²) in [6.45, 7) is 4.47. The fourth-order valence-electron chi connectivity index (χ4n) is 2.70. The molecule has 30 heavy (non-hydrogen) atoms. The highest BCUT2D eigenvalue weighted by Crippen LogP contribution is 2.29. The minimum atomic E-state index is -4.40. The van der Waals surface area contributed by atoms with Crippen LogP contribution in [-0.2, 0) is 27.5 Å². The Hall–Kier alpha value is -2.65. The Bertz CT molecular complexity index is 980. The second-order valence-electron chi connectivity index (χ2n) is 6.40. The van der Waals surface area contributed by atoms with Crippen molar-refractivity contribution >= 4 is 22.0 Å². The Balaban J connectivity index is 1.94. The van der Waals surface area contributed by atoms with Crippen LogP contribution in [-0.4, -0.2) is 31.7 Å². The van der Waals surface area contributed by atoms with Gasteiger partial charge in [-0.3, -0.25) is 4.79 Å². The Morgan fingerprint density at radius 3 is 2.07 bits per heavy atom. The molecule has 0 bridgehead atoms. The SMILES string of the molecule is CCN(CC)S(=O)(=O)c1ccc(CNC(=O)/C=C/c2ccc(C(F)(F)F)cc2)cc1. The van der Waals surface area contributed by atoms with Crippen LogP contribution in [0.25, 0.3) is 6.08 Å². The molecule has 0 unspecified atom stereocenters. The van der Waals surface area contributed by atoms with Gasteiger partial charge < -0.3 is 5.32 Å². The summed E-state index contributed by atoms with van der Waals surface area (Å²) < 4.78 is 63.9. The lowest BCUT2D eigenvalue weighted by Crippen LogP contribution is -2.30. The number of carbonyl (C=O) groups excluding carboxylic acids is 1. The van der Waals surface area contributed by atoms with Gasteiger partial charge in [0.1, 0.15) is 0 Å². The van der Waals surface area contributed by atoms with E-state index in [1.165, 1.54) is 40.7 Å². The van der Waals surface area contributed by atoms with Crippen LogP contribution in [0.1, 0.15) is 30.5 Å². The predicted octanol–water partition coefficient (Wildman–Crippen LogP) is 4.07. The first-order valence-electron chi connectivity index (χ1n) is 9.30. The molecule has 0 aliphatic heterocycles. The quantitative estimate of drug-likeness (QED) is 0.630. The highest BCUT2D eigenvalue weighted by molar-refractivity contribution is 7.89. The van der Waals surface area contributed by atoms with Crippen LogP contribution in [0.5, 0.6) is 0 Å². The topological polar surface area (TPSA) is 66.5 Å². The van der Waals surface area contributed by atoms with Crippen molar-refractivity contribution in [2.45, 2.75) is 31.5 Å². The lowest BCUT2D eigenvalue weighted by Gasteiger charge is -2.18. The van der Waals surface area contributed by atoms with Crippen LogP contribution in [0.15, 0.2) is 59.5 Å². The Kier molecular flexibility index (Phi) is 7.80. The highest BCUT2D eigenvalue weighted by Gasteiger charge is 2.29. The molecule has 1 amide bonds. The van der Waals surface area contributed by atoms with Crippen LogP contribution in [0, 0.1) is 0 Å². The fraction of sp³-hybridized carbons (Fsp3) is 0.286. The van der Waals surface area contributed by atoms with Crippen molar-refractivity contribution in [3.63, 3.8) is 0 Å². The van der Waals surface area contributed by atoms with E-state index in [0.717, 1.165) is 12.1 Å². The first-order chi connectivity index (χ1) is 14.1. The summed E-state index contributed by atoms with van der Waals surface area (Å²) in [5.41, 5.74) is 0.421. The maximum absolute atomic E-state index is 12.5. The first kappa shape index (κ1) is 23.6. The molecular formula is C21H23F3N2O3S. The molecule has 0 aromatic heterocycles. The van der Waals surface area contributed by atoms with Gasteiger partial charge >= 0.3 is 6.18 Å². The molecule has 2 aromatic carbocycles. The van der Waals surface area contributed by atoms with Crippen molar-refractivity contribution in [1.29, 1.82) is 0 Å².